The summed E-state index contributed by atoms with van der Waals surface area (Å²) < 4.78 is 0. The van der Waals surface area contributed by atoms with Crippen molar-refractivity contribution in [1.29, 1.82) is 0 Å². The summed E-state index contributed by atoms with van der Waals surface area (Å²) in [4.78, 5) is 9.96. The standard InChI is InChI=1S/C10H8N3O/c14-7-11-6-9-5-8-3-1-2-4-10(8)13-12-9/h1-5H,6H2,(H,11,14). The van der Waals surface area contributed by atoms with Crippen LogP contribution >= 0.6 is 0 Å². The number of hydrogen-bond donors (Lipinski definition) is 1. The lowest BCUT2D eigenvalue weighted by Gasteiger charge is -1.99. The van der Waals surface area contributed by atoms with Crippen LogP contribution in [0.5, 0.6) is 0 Å². The van der Waals surface area contributed by atoms with Crippen LogP contribution in [0.25, 0.3) is 10.9 Å². The van der Waals surface area contributed by atoms with E-state index >= 15 is 0 Å². The van der Waals surface area contributed by atoms with Gasteiger partial charge >= 0.3 is 6.41 Å². The molecule has 0 spiro atoms. The third kappa shape index (κ3) is 1.69. The Balaban J connectivity index is 2.36. The molecule has 1 heterocycles. The summed E-state index contributed by atoms with van der Waals surface area (Å²) >= 11 is 0. The highest BCUT2D eigenvalue weighted by molar-refractivity contribution is 5.77. The second-order valence-electron chi connectivity index (χ2n) is 2.85. The minimum Gasteiger partial charge on any atom is -0.342 e. The van der Waals surface area contributed by atoms with Gasteiger partial charge in [-0.1, -0.05) is 18.2 Å². The Hall–Kier alpha value is -1.97. The lowest BCUT2D eigenvalue weighted by Crippen LogP contribution is -2.11. The zero-order valence-corrected chi connectivity index (χ0v) is 7.40. The number of fused-ring (bicyclic) bond motifs is 1. The number of amides is 1. The fourth-order valence-corrected chi connectivity index (χ4v) is 1.24. The zero-order valence-electron chi connectivity index (χ0n) is 7.40. The lowest BCUT2D eigenvalue weighted by molar-refractivity contribution is 0.541. The SMILES string of the molecule is O=[C]NCc1cc2ccccc2nn1. The molecule has 2 rings (SSSR count). The molecule has 69 valence electrons. The molecule has 1 amide bonds. The van der Waals surface area contributed by atoms with Crippen LogP contribution in [-0.2, 0) is 11.3 Å². The lowest BCUT2D eigenvalue weighted by atomic mass is 10.2. The maximum absolute atomic E-state index is 9.96. The van der Waals surface area contributed by atoms with Crippen molar-refractivity contribution >= 4 is 17.3 Å². The van der Waals surface area contributed by atoms with Crippen molar-refractivity contribution < 1.29 is 4.79 Å². The number of benzene rings is 1. The molecule has 1 radical (unpaired) electrons. The number of aromatic nitrogens is 2. The minimum absolute atomic E-state index is 0.362. The number of nitrogens with one attached hydrogen (secondary N) is 1. The first-order valence-electron chi connectivity index (χ1n) is 4.21. The van der Waals surface area contributed by atoms with Crippen molar-refractivity contribution in [3.8, 4) is 0 Å². The van der Waals surface area contributed by atoms with Gasteiger partial charge in [-0.2, -0.15) is 10.2 Å². The van der Waals surface area contributed by atoms with Gasteiger partial charge in [0, 0.05) is 5.39 Å². The molecule has 0 saturated carbocycles. The first-order valence-corrected chi connectivity index (χ1v) is 4.21. The predicted molar refractivity (Wildman–Crippen MR) is 52.1 cm³/mol. The van der Waals surface area contributed by atoms with Gasteiger partial charge in [0.2, 0.25) is 0 Å². The van der Waals surface area contributed by atoms with E-state index in [0.717, 1.165) is 16.6 Å². The summed E-state index contributed by atoms with van der Waals surface area (Å²) in [6.07, 6.45) is 1.60. The Morgan fingerprint density at radius 3 is 3.00 bits per heavy atom. The third-order valence-corrected chi connectivity index (χ3v) is 1.89. The summed E-state index contributed by atoms with van der Waals surface area (Å²) in [6, 6.07) is 9.59. The highest BCUT2D eigenvalue weighted by Crippen LogP contribution is 2.10. The van der Waals surface area contributed by atoms with E-state index in [1.165, 1.54) is 0 Å². The first-order chi connectivity index (χ1) is 6.90. The van der Waals surface area contributed by atoms with Gasteiger partial charge in [0.15, 0.2) is 0 Å². The van der Waals surface area contributed by atoms with Gasteiger partial charge < -0.3 is 5.32 Å². The second-order valence-corrected chi connectivity index (χ2v) is 2.85. The van der Waals surface area contributed by atoms with Crippen molar-refractivity contribution in [2.24, 2.45) is 0 Å². The summed E-state index contributed by atoms with van der Waals surface area (Å²) in [7, 11) is 0. The molecule has 4 heteroatoms. The molecule has 0 aliphatic rings. The van der Waals surface area contributed by atoms with Gasteiger partial charge in [0.1, 0.15) is 0 Å². The Morgan fingerprint density at radius 1 is 1.29 bits per heavy atom. The normalized spacial score (nSPS) is 10.0. The van der Waals surface area contributed by atoms with E-state index in [4.69, 9.17) is 0 Å². The Labute approximate surface area is 81.0 Å². The first kappa shape index (κ1) is 8.62. The molecule has 0 unspecified atom stereocenters. The Kier molecular flexibility index (Phi) is 2.36. The molecular formula is C10H8N3O. The maximum atomic E-state index is 9.96. The maximum Gasteiger partial charge on any atom is 0.309 e. The van der Waals surface area contributed by atoms with E-state index < -0.39 is 0 Å². The summed E-state index contributed by atoms with van der Waals surface area (Å²) in [5, 5.41) is 11.4. The molecule has 14 heavy (non-hydrogen) atoms. The molecular weight excluding hydrogens is 178 g/mol. The Morgan fingerprint density at radius 2 is 2.14 bits per heavy atom. The van der Waals surface area contributed by atoms with E-state index in [1.54, 1.807) is 6.41 Å². The summed E-state index contributed by atoms with van der Waals surface area (Å²) in [5.74, 6) is 0. The molecule has 1 aromatic carbocycles. The molecule has 0 atom stereocenters. The molecule has 0 bridgehead atoms. The molecule has 1 aromatic heterocycles. The van der Waals surface area contributed by atoms with Gasteiger partial charge in [-0.3, -0.25) is 4.79 Å². The average molecular weight is 186 g/mol. The van der Waals surface area contributed by atoms with Gasteiger partial charge in [0.25, 0.3) is 0 Å². The van der Waals surface area contributed by atoms with Crippen LogP contribution in [-0.4, -0.2) is 16.6 Å². The fraction of sp³-hybridized carbons (Fsp3) is 0.100. The highest BCUT2D eigenvalue weighted by atomic mass is 16.1. The van der Waals surface area contributed by atoms with Crippen LogP contribution < -0.4 is 5.32 Å². The van der Waals surface area contributed by atoms with Crippen molar-refractivity contribution in [2.75, 3.05) is 0 Å². The molecule has 2 aromatic rings. The van der Waals surface area contributed by atoms with E-state index in [0.29, 0.717) is 6.54 Å². The molecule has 4 nitrogen and oxygen atoms in total. The van der Waals surface area contributed by atoms with E-state index in [2.05, 4.69) is 15.5 Å². The number of rotatable bonds is 3. The molecule has 0 aliphatic heterocycles. The van der Waals surface area contributed by atoms with Crippen LogP contribution in [0.15, 0.2) is 30.3 Å². The summed E-state index contributed by atoms with van der Waals surface area (Å²) in [6.45, 7) is 0.362. The molecule has 1 N–H and O–H groups in total. The zero-order chi connectivity index (χ0) is 9.80. The topological polar surface area (TPSA) is 54.9 Å². The van der Waals surface area contributed by atoms with Crippen LogP contribution in [0.2, 0.25) is 0 Å². The minimum atomic E-state index is 0.362. The van der Waals surface area contributed by atoms with Crippen molar-refractivity contribution in [1.82, 2.24) is 15.5 Å². The van der Waals surface area contributed by atoms with E-state index in [1.807, 2.05) is 30.3 Å². The van der Waals surface area contributed by atoms with E-state index in [-0.39, 0.29) is 0 Å². The smallest absolute Gasteiger partial charge is 0.309 e. The third-order valence-electron chi connectivity index (χ3n) is 1.89. The van der Waals surface area contributed by atoms with Crippen molar-refractivity contribution in [3.63, 3.8) is 0 Å². The van der Waals surface area contributed by atoms with Crippen LogP contribution in [0.3, 0.4) is 0 Å². The van der Waals surface area contributed by atoms with E-state index in [9.17, 15) is 4.79 Å². The van der Waals surface area contributed by atoms with Gasteiger partial charge in [-0.05, 0) is 12.1 Å². The molecule has 0 saturated heterocycles. The quantitative estimate of drug-likeness (QED) is 0.721. The number of carbonyl (C=O) groups excluding carboxylic acids is 1. The van der Waals surface area contributed by atoms with Crippen molar-refractivity contribution in [2.45, 2.75) is 6.54 Å². The average Bonchev–Trinajstić information content (AvgIpc) is 2.26. The molecule has 0 aliphatic carbocycles. The highest BCUT2D eigenvalue weighted by Gasteiger charge is 1.97. The predicted octanol–water partition coefficient (Wildman–Crippen LogP) is 0.787. The largest absolute Gasteiger partial charge is 0.342 e. The van der Waals surface area contributed by atoms with Gasteiger partial charge in [0.05, 0.1) is 17.8 Å². The monoisotopic (exact) mass is 186 g/mol. The van der Waals surface area contributed by atoms with Crippen LogP contribution in [0.1, 0.15) is 5.69 Å². The van der Waals surface area contributed by atoms with Crippen LogP contribution in [0.4, 0.5) is 0 Å². The van der Waals surface area contributed by atoms with Crippen molar-refractivity contribution in [3.05, 3.63) is 36.0 Å². The fourth-order valence-electron chi connectivity index (χ4n) is 1.24. The van der Waals surface area contributed by atoms with Gasteiger partial charge in [-0.15, -0.1) is 0 Å². The molecule has 0 fully saturated rings. The number of nitrogens with zero attached hydrogens (tertiary/aromatic N) is 2. The number of hydrogen-bond acceptors (Lipinski definition) is 3. The summed E-state index contributed by atoms with van der Waals surface area (Å²) in [5.41, 5.74) is 1.58. The second kappa shape index (κ2) is 3.83. The van der Waals surface area contributed by atoms with Crippen LogP contribution in [0, 0.1) is 0 Å². The van der Waals surface area contributed by atoms with Gasteiger partial charge in [-0.25, -0.2) is 0 Å². The Bertz CT molecular complexity index is 456.